The number of nitrogen functional groups attached to an aromatic ring is 1. The minimum Gasteiger partial charge on any atom is -0.399 e. The molecule has 2 heterocycles. The largest absolute Gasteiger partial charge is 0.399 e. The maximum absolute atomic E-state index is 12.2. The summed E-state index contributed by atoms with van der Waals surface area (Å²) < 4.78 is 5.02. The summed E-state index contributed by atoms with van der Waals surface area (Å²) in [5.41, 5.74) is 12.6. The molecule has 0 radical (unpaired) electrons. The predicted molar refractivity (Wildman–Crippen MR) is 137 cm³/mol. The molecule has 1 fully saturated rings. The average Bonchev–Trinajstić information content (AvgIpc) is 2.78. The Kier molecular flexibility index (Phi) is 7.03. The maximum Gasteiger partial charge on any atom is 0.248 e. The first-order valence-corrected chi connectivity index (χ1v) is 11.9. The van der Waals surface area contributed by atoms with Crippen LogP contribution >= 0.6 is 0 Å². The van der Waals surface area contributed by atoms with E-state index >= 15 is 0 Å². The summed E-state index contributed by atoms with van der Waals surface area (Å²) in [6.45, 7) is 9.92. The van der Waals surface area contributed by atoms with Crippen LogP contribution in [0.2, 0.25) is 0 Å². The lowest BCUT2D eigenvalue weighted by Gasteiger charge is -2.33. The number of nitrogens with one attached hydrogen (secondary N) is 1. The van der Waals surface area contributed by atoms with Gasteiger partial charge >= 0.3 is 0 Å². The molecule has 1 atom stereocenters. The molecule has 0 aliphatic carbocycles. The number of nitrogens with two attached hydrogens (primary N) is 1. The van der Waals surface area contributed by atoms with Gasteiger partial charge < -0.3 is 20.7 Å². The molecule has 34 heavy (non-hydrogen) atoms. The van der Waals surface area contributed by atoms with E-state index < -0.39 is 0 Å². The lowest BCUT2D eigenvalue weighted by Crippen LogP contribution is -2.39. The first-order valence-electron chi connectivity index (χ1n) is 11.9. The third-order valence-corrected chi connectivity index (χ3v) is 6.73. The highest BCUT2D eigenvalue weighted by molar-refractivity contribution is 5.90. The second kappa shape index (κ2) is 9.97. The van der Waals surface area contributed by atoms with E-state index in [1.807, 2.05) is 24.0 Å². The summed E-state index contributed by atoms with van der Waals surface area (Å²) in [5.74, 6) is 2.04. The smallest absolute Gasteiger partial charge is 0.248 e. The SMILES string of the molecule is COCC(=O)N1CCC(c2cc3c(N[C@@H](C)c4cc(C)cc(N)c4)nc(C)nc3cc2C)CC1. The van der Waals surface area contributed by atoms with Gasteiger partial charge in [-0.05, 0) is 93.0 Å². The number of amides is 1. The lowest BCUT2D eigenvalue weighted by atomic mass is 9.86. The number of ether oxygens (including phenoxy) is 1. The minimum atomic E-state index is 0.0412. The van der Waals surface area contributed by atoms with Gasteiger partial charge in [0.2, 0.25) is 5.91 Å². The Labute approximate surface area is 201 Å². The number of methoxy groups -OCH3 is 1. The summed E-state index contributed by atoms with van der Waals surface area (Å²) in [7, 11) is 1.56. The number of benzene rings is 2. The quantitative estimate of drug-likeness (QED) is 0.519. The normalized spacial score (nSPS) is 15.5. The fourth-order valence-corrected chi connectivity index (χ4v) is 5.00. The van der Waals surface area contributed by atoms with Gasteiger partial charge in [-0.1, -0.05) is 6.07 Å². The van der Waals surface area contributed by atoms with Crippen molar-refractivity contribution in [3.63, 3.8) is 0 Å². The van der Waals surface area contributed by atoms with Crippen LogP contribution in [0.1, 0.15) is 59.8 Å². The number of aromatic nitrogens is 2. The highest BCUT2D eigenvalue weighted by Crippen LogP contribution is 2.35. The van der Waals surface area contributed by atoms with Crippen molar-refractivity contribution in [3.05, 3.63) is 58.4 Å². The number of nitrogens with zero attached hydrogens (tertiary/aromatic N) is 3. The highest BCUT2D eigenvalue weighted by Gasteiger charge is 2.25. The lowest BCUT2D eigenvalue weighted by molar-refractivity contribution is -0.136. The Hall–Kier alpha value is -3.19. The molecule has 0 bridgehead atoms. The zero-order valence-corrected chi connectivity index (χ0v) is 20.8. The fraction of sp³-hybridized carbons (Fsp3) is 0.444. The second-order valence-electron chi connectivity index (χ2n) is 9.48. The van der Waals surface area contributed by atoms with Crippen molar-refractivity contribution in [2.45, 2.75) is 52.5 Å². The first-order chi connectivity index (χ1) is 16.2. The third-order valence-electron chi connectivity index (χ3n) is 6.73. The molecule has 1 aliphatic heterocycles. The van der Waals surface area contributed by atoms with E-state index in [0.717, 1.165) is 65.3 Å². The molecule has 1 aliphatic rings. The Morgan fingerprint density at radius 3 is 2.56 bits per heavy atom. The molecule has 7 heteroatoms. The van der Waals surface area contributed by atoms with E-state index in [9.17, 15) is 4.79 Å². The van der Waals surface area contributed by atoms with Crippen molar-refractivity contribution in [2.75, 3.05) is 37.9 Å². The maximum atomic E-state index is 12.2. The van der Waals surface area contributed by atoms with Crippen molar-refractivity contribution in [2.24, 2.45) is 0 Å². The van der Waals surface area contributed by atoms with Crippen LogP contribution in [0.15, 0.2) is 30.3 Å². The summed E-state index contributed by atoms with van der Waals surface area (Å²) in [4.78, 5) is 23.6. The molecule has 1 aromatic heterocycles. The molecule has 0 saturated carbocycles. The number of hydrogen-bond acceptors (Lipinski definition) is 6. The number of carbonyl (C=O) groups excluding carboxylic acids is 1. The van der Waals surface area contributed by atoms with Crippen molar-refractivity contribution in [3.8, 4) is 0 Å². The van der Waals surface area contributed by atoms with E-state index in [0.29, 0.717) is 5.92 Å². The number of carbonyl (C=O) groups is 1. The van der Waals surface area contributed by atoms with E-state index in [1.165, 1.54) is 11.1 Å². The predicted octanol–water partition coefficient (Wildman–Crippen LogP) is 4.66. The van der Waals surface area contributed by atoms with Gasteiger partial charge in [0.05, 0.1) is 11.6 Å². The molecule has 1 amide bonds. The van der Waals surface area contributed by atoms with E-state index in [4.69, 9.17) is 20.4 Å². The molecule has 0 unspecified atom stereocenters. The number of likely N-dealkylation sites (tertiary alicyclic amines) is 1. The summed E-state index contributed by atoms with van der Waals surface area (Å²) in [6.07, 6.45) is 1.88. The summed E-state index contributed by atoms with van der Waals surface area (Å²) in [5, 5.41) is 4.63. The number of aryl methyl sites for hydroxylation is 3. The van der Waals surface area contributed by atoms with Crippen LogP contribution in [0.4, 0.5) is 11.5 Å². The number of rotatable bonds is 6. The fourth-order valence-electron chi connectivity index (χ4n) is 5.00. The van der Waals surface area contributed by atoms with Crippen LogP contribution in [0, 0.1) is 20.8 Å². The summed E-state index contributed by atoms with van der Waals surface area (Å²) in [6, 6.07) is 10.6. The first kappa shape index (κ1) is 24.0. The van der Waals surface area contributed by atoms with E-state index in [-0.39, 0.29) is 18.6 Å². The van der Waals surface area contributed by atoms with Crippen LogP contribution in [0.5, 0.6) is 0 Å². The van der Waals surface area contributed by atoms with Crippen LogP contribution < -0.4 is 11.1 Å². The molecule has 2 aromatic carbocycles. The Bertz CT molecular complexity index is 1180. The Morgan fingerprint density at radius 2 is 1.88 bits per heavy atom. The molecule has 3 N–H and O–H groups in total. The molecular formula is C27H35N5O2. The zero-order valence-electron chi connectivity index (χ0n) is 20.8. The van der Waals surface area contributed by atoms with Gasteiger partial charge in [0.25, 0.3) is 0 Å². The van der Waals surface area contributed by atoms with E-state index in [2.05, 4.69) is 44.3 Å². The van der Waals surface area contributed by atoms with Gasteiger partial charge in [-0.2, -0.15) is 0 Å². The Morgan fingerprint density at radius 1 is 1.15 bits per heavy atom. The Balaban J connectivity index is 1.63. The van der Waals surface area contributed by atoms with E-state index in [1.54, 1.807) is 7.11 Å². The minimum absolute atomic E-state index is 0.0412. The van der Waals surface area contributed by atoms with Crippen LogP contribution in [0.3, 0.4) is 0 Å². The molecule has 0 spiro atoms. The summed E-state index contributed by atoms with van der Waals surface area (Å²) >= 11 is 0. The molecule has 3 aromatic rings. The van der Waals surface area contributed by atoms with Crippen molar-refractivity contribution in [1.29, 1.82) is 0 Å². The highest BCUT2D eigenvalue weighted by atomic mass is 16.5. The number of piperidine rings is 1. The van der Waals surface area contributed by atoms with Crippen LogP contribution in [0.25, 0.3) is 10.9 Å². The molecule has 180 valence electrons. The van der Waals surface area contributed by atoms with Gasteiger partial charge in [-0.15, -0.1) is 0 Å². The van der Waals surface area contributed by atoms with Gasteiger partial charge in [-0.3, -0.25) is 4.79 Å². The monoisotopic (exact) mass is 461 g/mol. The molecular weight excluding hydrogens is 426 g/mol. The van der Waals surface area contributed by atoms with Crippen molar-refractivity contribution >= 4 is 28.3 Å². The second-order valence-corrected chi connectivity index (χ2v) is 9.48. The van der Waals surface area contributed by atoms with Crippen molar-refractivity contribution < 1.29 is 9.53 Å². The van der Waals surface area contributed by atoms with Crippen LogP contribution in [-0.2, 0) is 9.53 Å². The zero-order chi connectivity index (χ0) is 24.4. The molecule has 4 rings (SSSR count). The standard InChI is InChI=1S/C27H35N5O2/c1-16-10-21(13-22(28)11-16)18(3)29-27-24-14-23(17(2)12-25(24)30-19(4)31-27)20-6-8-32(9-7-20)26(33)15-34-5/h10-14,18,20H,6-9,15,28H2,1-5H3,(H,29,30,31)/t18-/m0/s1. The van der Waals surface area contributed by atoms with Crippen LogP contribution in [-0.4, -0.2) is 47.6 Å². The van der Waals surface area contributed by atoms with Gasteiger partial charge in [0.15, 0.2) is 0 Å². The average molecular weight is 462 g/mol. The number of fused-ring (bicyclic) bond motifs is 1. The topological polar surface area (TPSA) is 93.4 Å². The van der Waals surface area contributed by atoms with Gasteiger partial charge in [-0.25, -0.2) is 9.97 Å². The molecule has 1 saturated heterocycles. The van der Waals surface area contributed by atoms with Gasteiger partial charge in [0, 0.05) is 31.3 Å². The number of hydrogen-bond donors (Lipinski definition) is 2. The third kappa shape index (κ3) is 5.14. The number of anilines is 2. The van der Waals surface area contributed by atoms with Gasteiger partial charge in [0.1, 0.15) is 18.2 Å². The molecule has 7 nitrogen and oxygen atoms in total. The van der Waals surface area contributed by atoms with Crippen molar-refractivity contribution in [1.82, 2.24) is 14.9 Å².